The molecule has 2 aromatic carbocycles. The predicted molar refractivity (Wildman–Crippen MR) is 75.7 cm³/mol. The summed E-state index contributed by atoms with van der Waals surface area (Å²) >= 11 is 0. The molecule has 1 nitrogen and oxygen atoms in total. The third kappa shape index (κ3) is 2.17. The van der Waals surface area contributed by atoms with Gasteiger partial charge in [0.15, 0.2) is 0 Å². The van der Waals surface area contributed by atoms with E-state index in [2.05, 4.69) is 24.3 Å². The quantitative estimate of drug-likeness (QED) is 0.830. The number of fused-ring (bicyclic) bond motifs is 2. The van der Waals surface area contributed by atoms with Gasteiger partial charge in [-0.25, -0.2) is 4.39 Å². The summed E-state index contributed by atoms with van der Waals surface area (Å²) in [6.07, 6.45) is 1.84. The number of benzene rings is 2. The van der Waals surface area contributed by atoms with Crippen LogP contribution in [0.5, 0.6) is 0 Å². The molecular weight excluding hydrogens is 237 g/mol. The first-order valence-corrected chi connectivity index (χ1v) is 6.78. The first-order chi connectivity index (χ1) is 9.16. The maximum absolute atomic E-state index is 13.5. The third-order valence-corrected chi connectivity index (χ3v) is 4.02. The van der Waals surface area contributed by atoms with Crippen molar-refractivity contribution in [3.63, 3.8) is 0 Å². The van der Waals surface area contributed by atoms with Crippen LogP contribution < -0.4 is 5.73 Å². The van der Waals surface area contributed by atoms with Crippen molar-refractivity contribution in [2.24, 2.45) is 5.73 Å². The van der Waals surface area contributed by atoms with Gasteiger partial charge in [0, 0.05) is 12.0 Å². The van der Waals surface area contributed by atoms with E-state index < -0.39 is 0 Å². The predicted octanol–water partition coefficient (Wildman–Crippen LogP) is 3.40. The van der Waals surface area contributed by atoms with Crippen LogP contribution in [0.1, 0.15) is 35.1 Å². The van der Waals surface area contributed by atoms with Crippen molar-refractivity contribution in [2.75, 3.05) is 0 Å². The monoisotopic (exact) mass is 255 g/mol. The van der Waals surface area contributed by atoms with Gasteiger partial charge in [0.25, 0.3) is 0 Å². The molecule has 0 heterocycles. The van der Waals surface area contributed by atoms with Gasteiger partial charge in [0.1, 0.15) is 5.82 Å². The smallest absolute Gasteiger partial charge is 0.123 e. The average molecular weight is 255 g/mol. The Hall–Kier alpha value is -1.67. The van der Waals surface area contributed by atoms with Crippen LogP contribution in [0.4, 0.5) is 4.39 Å². The van der Waals surface area contributed by atoms with Crippen LogP contribution in [0.25, 0.3) is 0 Å². The SMILES string of the molecule is CC(N)C1c2ccccc2CCc2cc(F)ccc21. The number of halogens is 1. The molecule has 3 rings (SSSR count). The van der Waals surface area contributed by atoms with Gasteiger partial charge in [0.05, 0.1) is 0 Å². The number of rotatable bonds is 1. The van der Waals surface area contributed by atoms with Gasteiger partial charge in [-0.3, -0.25) is 0 Å². The molecule has 2 heteroatoms. The third-order valence-electron chi connectivity index (χ3n) is 4.02. The first-order valence-electron chi connectivity index (χ1n) is 6.78. The van der Waals surface area contributed by atoms with Crippen LogP contribution in [0.15, 0.2) is 42.5 Å². The van der Waals surface area contributed by atoms with E-state index in [1.807, 2.05) is 13.0 Å². The van der Waals surface area contributed by atoms with Gasteiger partial charge < -0.3 is 5.73 Å². The van der Waals surface area contributed by atoms with Crippen LogP contribution in [0.2, 0.25) is 0 Å². The van der Waals surface area contributed by atoms with Gasteiger partial charge in [0.2, 0.25) is 0 Å². The second-order valence-electron chi connectivity index (χ2n) is 5.38. The van der Waals surface area contributed by atoms with Crippen molar-refractivity contribution >= 4 is 0 Å². The summed E-state index contributed by atoms with van der Waals surface area (Å²) in [5.74, 6) is 0.00225. The Kier molecular flexibility index (Phi) is 3.11. The molecule has 98 valence electrons. The van der Waals surface area contributed by atoms with Crippen molar-refractivity contribution in [3.8, 4) is 0 Å². The van der Waals surface area contributed by atoms with Crippen LogP contribution in [-0.2, 0) is 12.8 Å². The van der Waals surface area contributed by atoms with Crippen LogP contribution in [0, 0.1) is 5.82 Å². The van der Waals surface area contributed by atoms with Crippen molar-refractivity contribution in [1.82, 2.24) is 0 Å². The van der Waals surface area contributed by atoms with E-state index in [0.29, 0.717) is 0 Å². The molecule has 0 radical (unpaired) electrons. The maximum Gasteiger partial charge on any atom is 0.123 e. The van der Waals surface area contributed by atoms with E-state index in [1.165, 1.54) is 16.7 Å². The Morgan fingerprint density at radius 2 is 1.74 bits per heavy atom. The lowest BCUT2D eigenvalue weighted by atomic mass is 9.83. The van der Waals surface area contributed by atoms with E-state index in [1.54, 1.807) is 12.1 Å². The largest absolute Gasteiger partial charge is 0.327 e. The molecule has 1 aliphatic carbocycles. The Labute approximate surface area is 113 Å². The normalized spacial score (nSPS) is 19.2. The van der Waals surface area contributed by atoms with Crippen molar-refractivity contribution in [2.45, 2.75) is 31.7 Å². The van der Waals surface area contributed by atoms with Crippen LogP contribution >= 0.6 is 0 Å². The fraction of sp³-hybridized carbons (Fsp3) is 0.294. The van der Waals surface area contributed by atoms with Gasteiger partial charge in [-0.15, -0.1) is 0 Å². The van der Waals surface area contributed by atoms with Crippen LogP contribution in [0.3, 0.4) is 0 Å². The summed E-state index contributed by atoms with van der Waals surface area (Å²) in [5, 5.41) is 0. The highest BCUT2D eigenvalue weighted by atomic mass is 19.1. The lowest BCUT2D eigenvalue weighted by Gasteiger charge is -2.24. The highest BCUT2D eigenvalue weighted by molar-refractivity contribution is 5.46. The maximum atomic E-state index is 13.5. The zero-order valence-corrected chi connectivity index (χ0v) is 11.1. The molecule has 2 aromatic rings. The summed E-state index contributed by atoms with van der Waals surface area (Å²) in [7, 11) is 0. The van der Waals surface area contributed by atoms with E-state index in [9.17, 15) is 4.39 Å². The Balaban J connectivity index is 2.21. The highest BCUT2D eigenvalue weighted by Gasteiger charge is 2.26. The summed E-state index contributed by atoms with van der Waals surface area (Å²) in [5.41, 5.74) is 11.1. The molecule has 0 amide bonds. The number of hydrogen-bond acceptors (Lipinski definition) is 1. The minimum Gasteiger partial charge on any atom is -0.327 e. The molecule has 2 unspecified atom stereocenters. The molecule has 0 spiro atoms. The number of aryl methyl sites for hydroxylation is 2. The van der Waals surface area contributed by atoms with E-state index >= 15 is 0 Å². The summed E-state index contributed by atoms with van der Waals surface area (Å²) in [4.78, 5) is 0. The van der Waals surface area contributed by atoms with Gasteiger partial charge >= 0.3 is 0 Å². The standard InChI is InChI=1S/C17H18FN/c1-11(19)17-15-5-3-2-4-12(15)6-7-13-10-14(18)8-9-16(13)17/h2-5,8-11,17H,6-7,19H2,1H3. The fourth-order valence-electron chi connectivity index (χ4n) is 3.16. The minimum atomic E-state index is -0.159. The molecule has 0 saturated carbocycles. The van der Waals surface area contributed by atoms with Gasteiger partial charge in [-0.1, -0.05) is 30.3 Å². The first kappa shape index (κ1) is 12.4. The zero-order chi connectivity index (χ0) is 13.4. The van der Waals surface area contributed by atoms with E-state index in [0.717, 1.165) is 18.4 Å². The van der Waals surface area contributed by atoms with Gasteiger partial charge in [-0.05, 0) is 54.2 Å². The number of nitrogens with two attached hydrogens (primary N) is 1. The van der Waals surface area contributed by atoms with Crippen molar-refractivity contribution in [1.29, 1.82) is 0 Å². The highest BCUT2D eigenvalue weighted by Crippen LogP contribution is 2.36. The van der Waals surface area contributed by atoms with Gasteiger partial charge in [-0.2, -0.15) is 0 Å². The van der Waals surface area contributed by atoms with Crippen LogP contribution in [-0.4, -0.2) is 6.04 Å². The van der Waals surface area contributed by atoms with Crippen molar-refractivity contribution < 1.29 is 4.39 Å². The lowest BCUT2D eigenvalue weighted by molar-refractivity contribution is 0.615. The second-order valence-corrected chi connectivity index (χ2v) is 5.38. The molecule has 2 N–H and O–H groups in total. The molecule has 0 saturated heterocycles. The fourth-order valence-corrected chi connectivity index (χ4v) is 3.16. The zero-order valence-electron chi connectivity index (χ0n) is 11.1. The molecular formula is C17H18FN. The van der Waals surface area contributed by atoms with E-state index in [4.69, 9.17) is 5.73 Å². The minimum absolute atomic E-state index is 0.0171. The summed E-state index contributed by atoms with van der Waals surface area (Å²) < 4.78 is 13.5. The lowest BCUT2D eigenvalue weighted by Crippen LogP contribution is -2.26. The molecule has 2 atom stereocenters. The average Bonchev–Trinajstić information content (AvgIpc) is 2.55. The van der Waals surface area contributed by atoms with E-state index in [-0.39, 0.29) is 17.8 Å². The number of hydrogen-bond donors (Lipinski definition) is 1. The topological polar surface area (TPSA) is 26.0 Å². The molecule has 0 fully saturated rings. The summed E-state index contributed by atoms with van der Waals surface area (Å²) in [6.45, 7) is 2.03. The molecule has 0 aromatic heterocycles. The second kappa shape index (κ2) is 4.78. The molecule has 0 bridgehead atoms. The Bertz CT molecular complexity index is 604. The van der Waals surface area contributed by atoms with Crippen molar-refractivity contribution in [3.05, 3.63) is 70.5 Å². The summed E-state index contributed by atoms with van der Waals surface area (Å²) in [6, 6.07) is 13.6. The Morgan fingerprint density at radius 1 is 1.05 bits per heavy atom. The Morgan fingerprint density at radius 3 is 2.53 bits per heavy atom. The molecule has 1 aliphatic rings. The molecule has 0 aliphatic heterocycles. The molecule has 19 heavy (non-hydrogen) atoms.